The van der Waals surface area contributed by atoms with Crippen LogP contribution in [0.25, 0.3) is 0 Å². The Morgan fingerprint density at radius 2 is 2.00 bits per heavy atom. The molecule has 8 heavy (non-hydrogen) atoms. The summed E-state index contributed by atoms with van der Waals surface area (Å²) in [5, 5.41) is 3.37. The Morgan fingerprint density at radius 1 is 1.38 bits per heavy atom. The minimum Gasteiger partial charge on any atom is -0.314 e. The molecule has 3 heterocycles. The molecule has 0 saturated carbocycles. The second kappa shape index (κ2) is 1.82. The maximum Gasteiger partial charge on any atom is 0.0338 e. The summed E-state index contributed by atoms with van der Waals surface area (Å²) in [6, 6.07) is 1.71. The van der Waals surface area contributed by atoms with Gasteiger partial charge in [-0.2, -0.15) is 0 Å². The van der Waals surface area contributed by atoms with E-state index in [1.54, 1.807) is 0 Å². The van der Waals surface area contributed by atoms with E-state index in [0.717, 1.165) is 12.1 Å². The quantitative estimate of drug-likeness (QED) is 0.472. The monoisotopic (exact) mass is 224 g/mol. The largest absolute Gasteiger partial charge is 0.314 e. The van der Waals surface area contributed by atoms with Crippen molar-refractivity contribution < 1.29 is 0 Å². The molecule has 0 amide bonds. The van der Waals surface area contributed by atoms with Gasteiger partial charge in [-0.25, -0.2) is 3.11 Å². The molecule has 1 N–H and O–H groups in total. The third-order valence-electron chi connectivity index (χ3n) is 2.00. The van der Waals surface area contributed by atoms with Crippen molar-refractivity contribution in [3.63, 3.8) is 0 Å². The van der Waals surface area contributed by atoms with Crippen LogP contribution in [-0.4, -0.2) is 28.3 Å². The highest BCUT2D eigenvalue weighted by Gasteiger charge is 2.39. The van der Waals surface area contributed by atoms with E-state index in [0.29, 0.717) is 0 Å². The van der Waals surface area contributed by atoms with Gasteiger partial charge in [0.1, 0.15) is 0 Å². The summed E-state index contributed by atoms with van der Waals surface area (Å²) in [6.07, 6.45) is 1.43. The Bertz CT molecular complexity index is 92.6. The summed E-state index contributed by atoms with van der Waals surface area (Å²) >= 11 is 2.43. The molecule has 46 valence electrons. The summed E-state index contributed by atoms with van der Waals surface area (Å²) < 4.78 is 2.44. The van der Waals surface area contributed by atoms with Gasteiger partial charge in [0.05, 0.1) is 0 Å². The van der Waals surface area contributed by atoms with E-state index in [2.05, 4.69) is 31.3 Å². The number of piperazine rings is 1. The Kier molecular flexibility index (Phi) is 1.23. The first kappa shape index (κ1) is 5.44. The zero-order valence-electron chi connectivity index (χ0n) is 4.60. The number of nitrogens with one attached hydrogen (secondary N) is 1. The molecule has 3 aliphatic heterocycles. The summed E-state index contributed by atoms with van der Waals surface area (Å²) in [4.78, 5) is 0. The molecule has 3 heteroatoms. The van der Waals surface area contributed by atoms with E-state index in [9.17, 15) is 0 Å². The molecule has 3 rings (SSSR count). The fourth-order valence-corrected chi connectivity index (χ4v) is 2.28. The Morgan fingerprint density at radius 3 is 2.25 bits per heavy atom. The van der Waals surface area contributed by atoms with Gasteiger partial charge in [-0.05, 0) is 6.42 Å². The highest BCUT2D eigenvalue weighted by atomic mass is 127. The van der Waals surface area contributed by atoms with Crippen LogP contribution in [0.4, 0.5) is 0 Å². The second-order valence-corrected chi connectivity index (χ2v) is 3.66. The van der Waals surface area contributed by atoms with Gasteiger partial charge in [-0.1, -0.05) is 0 Å². The standard InChI is InChI=1S/C5H9IN2/c6-8-4-1-5(8)3-7-2-4/h4-5,7H,1-3H2. The molecule has 0 aromatic carbocycles. The van der Waals surface area contributed by atoms with E-state index < -0.39 is 0 Å². The topological polar surface area (TPSA) is 15.3 Å². The lowest BCUT2D eigenvalue weighted by molar-refractivity contribution is 0.104. The number of rotatable bonds is 0. The molecule has 0 spiro atoms. The van der Waals surface area contributed by atoms with Crippen molar-refractivity contribution >= 4 is 22.9 Å². The van der Waals surface area contributed by atoms with Gasteiger partial charge < -0.3 is 5.32 Å². The average molecular weight is 224 g/mol. The molecule has 2 atom stereocenters. The van der Waals surface area contributed by atoms with Crippen LogP contribution in [0.5, 0.6) is 0 Å². The van der Waals surface area contributed by atoms with E-state index in [4.69, 9.17) is 0 Å². The molecular weight excluding hydrogens is 215 g/mol. The normalized spacial score (nSPS) is 46.1. The number of fused-ring (bicyclic) bond motifs is 2. The number of hydrogen-bond donors (Lipinski definition) is 1. The van der Waals surface area contributed by atoms with Gasteiger partial charge in [-0.15, -0.1) is 0 Å². The van der Waals surface area contributed by atoms with Gasteiger partial charge >= 0.3 is 0 Å². The van der Waals surface area contributed by atoms with E-state index in [1.165, 1.54) is 19.5 Å². The van der Waals surface area contributed by atoms with Crippen LogP contribution in [-0.2, 0) is 0 Å². The fourth-order valence-electron chi connectivity index (χ4n) is 1.43. The maximum absolute atomic E-state index is 3.37. The van der Waals surface area contributed by atoms with Crippen LogP contribution < -0.4 is 5.32 Å². The van der Waals surface area contributed by atoms with Crippen LogP contribution in [0.2, 0.25) is 0 Å². The van der Waals surface area contributed by atoms with E-state index >= 15 is 0 Å². The van der Waals surface area contributed by atoms with Gasteiger partial charge in [0.2, 0.25) is 0 Å². The number of halogens is 1. The molecule has 2 unspecified atom stereocenters. The van der Waals surface area contributed by atoms with Gasteiger partial charge in [-0.3, -0.25) is 0 Å². The number of hydrogen-bond acceptors (Lipinski definition) is 2. The highest BCUT2D eigenvalue weighted by Crippen LogP contribution is 2.31. The molecule has 2 bridgehead atoms. The van der Waals surface area contributed by atoms with Crippen LogP contribution >= 0.6 is 22.9 Å². The molecule has 0 radical (unpaired) electrons. The van der Waals surface area contributed by atoms with Crippen molar-refractivity contribution in [3.05, 3.63) is 0 Å². The highest BCUT2D eigenvalue weighted by molar-refractivity contribution is 14.1. The van der Waals surface area contributed by atoms with Crippen LogP contribution in [0.3, 0.4) is 0 Å². The first-order chi connectivity index (χ1) is 3.88. The van der Waals surface area contributed by atoms with E-state index in [1.807, 2.05) is 0 Å². The van der Waals surface area contributed by atoms with Crippen LogP contribution in [0.15, 0.2) is 0 Å². The smallest absolute Gasteiger partial charge is 0.0338 e. The van der Waals surface area contributed by atoms with Gasteiger partial charge in [0.15, 0.2) is 0 Å². The van der Waals surface area contributed by atoms with E-state index in [-0.39, 0.29) is 0 Å². The summed E-state index contributed by atoms with van der Waals surface area (Å²) in [7, 11) is 0. The summed E-state index contributed by atoms with van der Waals surface area (Å²) in [6.45, 7) is 2.42. The van der Waals surface area contributed by atoms with Crippen LogP contribution in [0.1, 0.15) is 6.42 Å². The lowest BCUT2D eigenvalue weighted by Crippen LogP contribution is -2.63. The predicted octanol–water partition coefficient (Wildman–Crippen LogP) is 0.383. The first-order valence-electron chi connectivity index (χ1n) is 3.03. The van der Waals surface area contributed by atoms with Crippen molar-refractivity contribution in [2.45, 2.75) is 18.5 Å². The molecule has 0 aliphatic carbocycles. The first-order valence-corrected chi connectivity index (χ1v) is 3.99. The summed E-state index contributed by atoms with van der Waals surface area (Å²) in [5.41, 5.74) is 0. The van der Waals surface area contributed by atoms with Gasteiger partial charge in [0.25, 0.3) is 0 Å². The zero-order chi connectivity index (χ0) is 5.56. The Labute approximate surface area is 63.1 Å². The van der Waals surface area contributed by atoms with Crippen molar-refractivity contribution in [1.29, 1.82) is 0 Å². The third kappa shape index (κ3) is 0.610. The number of nitrogens with zero attached hydrogens (tertiary/aromatic N) is 1. The Balaban J connectivity index is 2.03. The lowest BCUT2D eigenvalue weighted by Gasteiger charge is -2.49. The molecular formula is C5H9IN2. The molecule has 2 nitrogen and oxygen atoms in total. The molecule has 0 aromatic heterocycles. The summed E-state index contributed by atoms with van der Waals surface area (Å²) in [5.74, 6) is 0. The second-order valence-electron chi connectivity index (χ2n) is 2.55. The van der Waals surface area contributed by atoms with Crippen molar-refractivity contribution in [3.8, 4) is 0 Å². The minimum atomic E-state index is 0.856. The maximum atomic E-state index is 3.37. The van der Waals surface area contributed by atoms with Crippen molar-refractivity contribution in [2.24, 2.45) is 0 Å². The fraction of sp³-hybridized carbons (Fsp3) is 1.00. The van der Waals surface area contributed by atoms with Crippen molar-refractivity contribution in [1.82, 2.24) is 8.43 Å². The number of piperidine rings is 1. The molecule has 3 aliphatic rings. The Hall–Kier alpha value is 0.650. The minimum absolute atomic E-state index is 0.856. The zero-order valence-corrected chi connectivity index (χ0v) is 6.76. The molecule has 0 aromatic rings. The van der Waals surface area contributed by atoms with Crippen LogP contribution in [0, 0.1) is 0 Å². The third-order valence-corrected chi connectivity index (χ3v) is 3.58. The SMILES string of the molecule is IN1C2CNCC1C2. The molecule has 3 fully saturated rings. The van der Waals surface area contributed by atoms with Crippen molar-refractivity contribution in [2.75, 3.05) is 13.1 Å². The van der Waals surface area contributed by atoms with Gasteiger partial charge in [0, 0.05) is 48.0 Å². The lowest BCUT2D eigenvalue weighted by atomic mass is 9.93. The molecule has 3 saturated heterocycles. The predicted molar refractivity (Wildman–Crippen MR) is 40.9 cm³/mol. The average Bonchev–Trinajstić information content (AvgIpc) is 1.89.